The summed E-state index contributed by atoms with van der Waals surface area (Å²) in [5.41, 5.74) is 2.57. The van der Waals surface area contributed by atoms with Gasteiger partial charge in [-0.15, -0.1) is 0 Å². The van der Waals surface area contributed by atoms with Gasteiger partial charge in [0.15, 0.2) is 0 Å². The van der Waals surface area contributed by atoms with E-state index in [1.165, 1.54) is 0 Å². The molecule has 0 amide bonds. The lowest BCUT2D eigenvalue weighted by atomic mass is 10.2. The van der Waals surface area contributed by atoms with Crippen LogP contribution in [-0.2, 0) is 16.6 Å². The van der Waals surface area contributed by atoms with Crippen LogP contribution >= 0.6 is 0 Å². The molecule has 0 aliphatic carbocycles. The SMILES string of the molecule is CC(C)(C)S(=O)Cc1cccc(NCC(O)c2ccccn2)c1. The van der Waals surface area contributed by atoms with Crippen molar-refractivity contribution >= 4 is 16.5 Å². The predicted molar refractivity (Wildman–Crippen MR) is 95.7 cm³/mol. The molecule has 1 heterocycles. The quantitative estimate of drug-likeness (QED) is 0.852. The molecule has 4 nitrogen and oxygen atoms in total. The minimum atomic E-state index is -0.926. The monoisotopic (exact) mass is 332 g/mol. The van der Waals surface area contributed by atoms with E-state index < -0.39 is 16.9 Å². The molecule has 0 radical (unpaired) electrons. The van der Waals surface area contributed by atoms with Crippen LogP contribution in [0.15, 0.2) is 48.7 Å². The highest BCUT2D eigenvalue weighted by atomic mass is 32.2. The van der Waals surface area contributed by atoms with Crippen LogP contribution in [0.3, 0.4) is 0 Å². The van der Waals surface area contributed by atoms with Crippen molar-refractivity contribution in [1.29, 1.82) is 0 Å². The zero-order valence-corrected chi connectivity index (χ0v) is 14.6. The maximum absolute atomic E-state index is 12.2. The van der Waals surface area contributed by atoms with Crippen molar-refractivity contribution in [3.63, 3.8) is 0 Å². The number of aliphatic hydroxyl groups is 1. The fourth-order valence-corrected chi connectivity index (χ4v) is 2.95. The number of benzene rings is 1. The highest BCUT2D eigenvalue weighted by Gasteiger charge is 2.19. The van der Waals surface area contributed by atoms with Crippen molar-refractivity contribution in [2.45, 2.75) is 37.4 Å². The van der Waals surface area contributed by atoms with Gasteiger partial charge in [-0.3, -0.25) is 9.19 Å². The largest absolute Gasteiger partial charge is 0.385 e. The van der Waals surface area contributed by atoms with Crippen LogP contribution in [0.2, 0.25) is 0 Å². The van der Waals surface area contributed by atoms with Crippen molar-refractivity contribution in [2.75, 3.05) is 11.9 Å². The number of nitrogens with zero attached hydrogens (tertiary/aromatic N) is 1. The Balaban J connectivity index is 1.96. The molecule has 0 aliphatic rings. The molecule has 2 rings (SSSR count). The third-order valence-corrected chi connectivity index (χ3v) is 5.40. The molecule has 0 saturated heterocycles. The molecule has 124 valence electrons. The van der Waals surface area contributed by atoms with Gasteiger partial charge in [0.05, 0.1) is 5.69 Å². The van der Waals surface area contributed by atoms with Crippen LogP contribution in [0.25, 0.3) is 0 Å². The van der Waals surface area contributed by atoms with Gasteiger partial charge in [-0.1, -0.05) is 18.2 Å². The van der Waals surface area contributed by atoms with Gasteiger partial charge < -0.3 is 10.4 Å². The van der Waals surface area contributed by atoms with Crippen LogP contribution in [0.1, 0.15) is 38.1 Å². The average molecular weight is 332 g/mol. The molecule has 2 atom stereocenters. The Morgan fingerprint density at radius 2 is 2.00 bits per heavy atom. The fourth-order valence-electron chi connectivity index (χ4n) is 2.03. The first-order valence-electron chi connectivity index (χ1n) is 7.66. The summed E-state index contributed by atoms with van der Waals surface area (Å²) in [7, 11) is -0.926. The van der Waals surface area contributed by atoms with Crippen LogP contribution in [0.5, 0.6) is 0 Å². The van der Waals surface area contributed by atoms with Crippen molar-refractivity contribution in [2.24, 2.45) is 0 Å². The number of aliphatic hydroxyl groups excluding tert-OH is 1. The topological polar surface area (TPSA) is 62.2 Å². The maximum atomic E-state index is 12.2. The summed E-state index contributed by atoms with van der Waals surface area (Å²) in [5, 5.41) is 13.3. The second-order valence-electron chi connectivity index (χ2n) is 6.45. The number of hydrogen-bond acceptors (Lipinski definition) is 4. The first kappa shape index (κ1) is 17.6. The Hall–Kier alpha value is -1.72. The molecule has 0 aliphatic heterocycles. The lowest BCUT2D eigenvalue weighted by Gasteiger charge is -2.18. The van der Waals surface area contributed by atoms with Gasteiger partial charge in [0.25, 0.3) is 0 Å². The molecule has 23 heavy (non-hydrogen) atoms. The summed E-state index contributed by atoms with van der Waals surface area (Å²) in [6.45, 7) is 6.32. The Bertz CT molecular complexity index is 654. The van der Waals surface area contributed by atoms with Crippen molar-refractivity contribution in [3.05, 3.63) is 59.9 Å². The van der Waals surface area contributed by atoms with E-state index in [4.69, 9.17) is 0 Å². The maximum Gasteiger partial charge on any atom is 0.113 e. The summed E-state index contributed by atoms with van der Waals surface area (Å²) >= 11 is 0. The van der Waals surface area contributed by atoms with Gasteiger partial charge >= 0.3 is 0 Å². The summed E-state index contributed by atoms with van der Waals surface area (Å²) < 4.78 is 12.0. The molecule has 2 N–H and O–H groups in total. The molecule has 0 spiro atoms. The Morgan fingerprint density at radius 3 is 2.65 bits per heavy atom. The van der Waals surface area contributed by atoms with E-state index in [0.717, 1.165) is 11.3 Å². The zero-order chi connectivity index (χ0) is 16.9. The van der Waals surface area contributed by atoms with E-state index in [-0.39, 0.29) is 4.75 Å². The molecule has 1 aromatic carbocycles. The van der Waals surface area contributed by atoms with Crippen molar-refractivity contribution < 1.29 is 9.32 Å². The van der Waals surface area contributed by atoms with Gasteiger partial charge in [-0.25, -0.2) is 0 Å². The van der Waals surface area contributed by atoms with Gasteiger partial charge in [-0.05, 0) is 50.6 Å². The first-order chi connectivity index (χ1) is 10.9. The second kappa shape index (κ2) is 7.70. The molecule has 1 aromatic heterocycles. The smallest absolute Gasteiger partial charge is 0.113 e. The third kappa shape index (κ3) is 5.44. The third-order valence-electron chi connectivity index (χ3n) is 3.44. The fraction of sp³-hybridized carbons (Fsp3) is 0.389. The van der Waals surface area contributed by atoms with Crippen molar-refractivity contribution in [3.8, 4) is 0 Å². The van der Waals surface area contributed by atoms with Gasteiger partial charge in [0, 0.05) is 39.7 Å². The molecule has 2 aromatic rings. The van der Waals surface area contributed by atoms with Crippen LogP contribution in [0.4, 0.5) is 5.69 Å². The molecule has 0 saturated carbocycles. The number of nitrogens with one attached hydrogen (secondary N) is 1. The summed E-state index contributed by atoms with van der Waals surface area (Å²) in [5.74, 6) is 0.530. The standard InChI is InChI=1S/C18H24N2O2S/c1-18(2,3)23(22)13-14-7-6-8-15(11-14)20-12-17(21)16-9-4-5-10-19-16/h4-11,17,20-21H,12-13H2,1-3H3. The first-order valence-corrected chi connectivity index (χ1v) is 8.98. The molecule has 5 heteroatoms. The molecule has 2 unspecified atom stereocenters. The number of hydrogen-bond donors (Lipinski definition) is 2. The Labute approximate surface area is 140 Å². The minimum Gasteiger partial charge on any atom is -0.385 e. The van der Waals surface area contributed by atoms with Gasteiger partial charge in [-0.2, -0.15) is 0 Å². The van der Waals surface area contributed by atoms with Crippen LogP contribution in [0, 0.1) is 0 Å². The van der Waals surface area contributed by atoms with Crippen molar-refractivity contribution in [1.82, 2.24) is 4.98 Å². The lowest BCUT2D eigenvalue weighted by molar-refractivity contribution is 0.187. The van der Waals surface area contributed by atoms with E-state index in [1.807, 2.05) is 57.2 Å². The average Bonchev–Trinajstić information content (AvgIpc) is 2.53. The summed E-state index contributed by atoms with van der Waals surface area (Å²) in [4.78, 5) is 4.14. The van der Waals surface area contributed by atoms with Gasteiger partial charge in [0.2, 0.25) is 0 Å². The van der Waals surface area contributed by atoms with E-state index in [0.29, 0.717) is 18.0 Å². The number of aromatic nitrogens is 1. The Morgan fingerprint density at radius 1 is 1.22 bits per heavy atom. The predicted octanol–water partition coefficient (Wildman–Crippen LogP) is 3.27. The normalized spacial score (nSPS) is 14.3. The lowest BCUT2D eigenvalue weighted by Crippen LogP contribution is -2.23. The van der Waals surface area contributed by atoms with E-state index in [2.05, 4.69) is 10.3 Å². The zero-order valence-electron chi connectivity index (χ0n) is 13.8. The number of rotatable bonds is 6. The second-order valence-corrected chi connectivity index (χ2v) is 8.66. The van der Waals surface area contributed by atoms with E-state index in [9.17, 15) is 9.32 Å². The van der Waals surface area contributed by atoms with E-state index in [1.54, 1.807) is 12.3 Å². The number of anilines is 1. The molecule has 0 bridgehead atoms. The van der Waals surface area contributed by atoms with E-state index >= 15 is 0 Å². The minimum absolute atomic E-state index is 0.224. The highest BCUT2D eigenvalue weighted by molar-refractivity contribution is 7.85. The summed E-state index contributed by atoms with van der Waals surface area (Å²) in [6.07, 6.45) is 1.00. The molecular weight excluding hydrogens is 308 g/mol. The van der Waals surface area contributed by atoms with Crippen LogP contribution in [-0.4, -0.2) is 25.6 Å². The van der Waals surface area contributed by atoms with Crippen LogP contribution < -0.4 is 5.32 Å². The molecule has 0 fully saturated rings. The Kier molecular flexibility index (Phi) is 5.91. The van der Waals surface area contributed by atoms with Gasteiger partial charge in [0.1, 0.15) is 6.10 Å². The summed E-state index contributed by atoms with van der Waals surface area (Å²) in [6, 6.07) is 13.3. The number of pyridine rings is 1. The highest BCUT2D eigenvalue weighted by Crippen LogP contribution is 2.19. The molecular formula is C18H24N2O2S.